The summed E-state index contributed by atoms with van der Waals surface area (Å²) in [6.45, 7) is 3.79. The Morgan fingerprint density at radius 2 is 1.22 bits per heavy atom. The van der Waals surface area contributed by atoms with Gasteiger partial charge in [-0.1, -0.05) is 13.8 Å². The molecule has 0 aromatic carbocycles. The molecular weight excluding hydrogens is 308 g/mol. The zero-order valence-electron chi connectivity index (χ0n) is 13.0. The molecule has 0 spiro atoms. The number of carboxylic acid groups (broad SMARTS) is 4. The largest absolute Gasteiger partial charge is 0.481 e. The van der Waals surface area contributed by atoms with Crippen LogP contribution in [0.1, 0.15) is 33.1 Å². The normalized spacial score (nSPS) is 27.3. The molecule has 0 aromatic rings. The monoisotopic (exact) mass is 330 g/mol. The lowest BCUT2D eigenvalue weighted by molar-refractivity contribution is -0.158. The SMILES string of the molecule is CC1CC(CC(C(=O)O)C(=O)O)C(CC(C(=O)O)C(=O)O)C1C. The van der Waals surface area contributed by atoms with Gasteiger partial charge in [0, 0.05) is 0 Å². The van der Waals surface area contributed by atoms with Crippen LogP contribution in [-0.2, 0) is 19.2 Å². The lowest BCUT2D eigenvalue weighted by atomic mass is 9.78. The van der Waals surface area contributed by atoms with E-state index in [2.05, 4.69) is 0 Å². The van der Waals surface area contributed by atoms with Crippen LogP contribution >= 0.6 is 0 Å². The Hall–Kier alpha value is -2.12. The summed E-state index contributed by atoms with van der Waals surface area (Å²) in [6, 6.07) is 0. The van der Waals surface area contributed by atoms with Gasteiger partial charge in [-0.2, -0.15) is 0 Å². The topological polar surface area (TPSA) is 149 Å². The molecule has 4 unspecified atom stereocenters. The Kier molecular flexibility index (Phi) is 6.12. The molecule has 0 aliphatic heterocycles. The fourth-order valence-electron chi connectivity index (χ4n) is 3.59. The molecule has 8 heteroatoms. The fourth-order valence-corrected chi connectivity index (χ4v) is 3.59. The van der Waals surface area contributed by atoms with Crippen LogP contribution in [0.3, 0.4) is 0 Å². The van der Waals surface area contributed by atoms with E-state index in [4.69, 9.17) is 20.4 Å². The van der Waals surface area contributed by atoms with E-state index in [1.54, 1.807) is 0 Å². The van der Waals surface area contributed by atoms with Gasteiger partial charge < -0.3 is 20.4 Å². The van der Waals surface area contributed by atoms with Crippen molar-refractivity contribution in [1.82, 2.24) is 0 Å². The molecule has 4 N–H and O–H groups in total. The molecule has 130 valence electrons. The zero-order valence-corrected chi connectivity index (χ0v) is 13.0. The first-order chi connectivity index (χ1) is 10.6. The van der Waals surface area contributed by atoms with Gasteiger partial charge in [0.2, 0.25) is 0 Å². The van der Waals surface area contributed by atoms with Crippen LogP contribution in [0.5, 0.6) is 0 Å². The summed E-state index contributed by atoms with van der Waals surface area (Å²) < 4.78 is 0. The van der Waals surface area contributed by atoms with E-state index in [0.717, 1.165) is 0 Å². The first-order valence-electron chi connectivity index (χ1n) is 7.47. The van der Waals surface area contributed by atoms with Crippen LogP contribution < -0.4 is 0 Å². The van der Waals surface area contributed by atoms with Crippen molar-refractivity contribution in [3.8, 4) is 0 Å². The van der Waals surface area contributed by atoms with E-state index in [1.165, 1.54) is 0 Å². The van der Waals surface area contributed by atoms with Gasteiger partial charge in [0.1, 0.15) is 0 Å². The minimum absolute atomic E-state index is 0.00411. The molecule has 23 heavy (non-hydrogen) atoms. The van der Waals surface area contributed by atoms with E-state index in [0.29, 0.717) is 6.42 Å². The van der Waals surface area contributed by atoms with Gasteiger partial charge in [-0.05, 0) is 42.9 Å². The van der Waals surface area contributed by atoms with Crippen LogP contribution in [0.25, 0.3) is 0 Å². The molecule has 1 rings (SSSR count). The van der Waals surface area contributed by atoms with Crippen molar-refractivity contribution < 1.29 is 39.6 Å². The molecule has 0 heterocycles. The van der Waals surface area contributed by atoms with Crippen molar-refractivity contribution >= 4 is 23.9 Å². The van der Waals surface area contributed by atoms with E-state index in [9.17, 15) is 19.2 Å². The Bertz CT molecular complexity index is 472. The quantitative estimate of drug-likeness (QED) is 0.486. The molecule has 4 atom stereocenters. The van der Waals surface area contributed by atoms with Crippen LogP contribution in [0.15, 0.2) is 0 Å². The second-order valence-electron chi connectivity index (χ2n) is 6.43. The van der Waals surface area contributed by atoms with Crippen molar-refractivity contribution in [1.29, 1.82) is 0 Å². The van der Waals surface area contributed by atoms with Crippen LogP contribution in [0.4, 0.5) is 0 Å². The second-order valence-corrected chi connectivity index (χ2v) is 6.43. The Balaban J connectivity index is 2.96. The summed E-state index contributed by atoms with van der Waals surface area (Å²) in [7, 11) is 0. The average Bonchev–Trinajstić information content (AvgIpc) is 2.67. The minimum atomic E-state index is -1.57. The molecule has 0 aromatic heterocycles. The Morgan fingerprint density at radius 3 is 1.61 bits per heavy atom. The van der Waals surface area contributed by atoms with E-state index >= 15 is 0 Å². The molecule has 1 aliphatic rings. The minimum Gasteiger partial charge on any atom is -0.481 e. The van der Waals surface area contributed by atoms with Crippen LogP contribution in [0.2, 0.25) is 0 Å². The Morgan fingerprint density at radius 1 is 0.826 bits per heavy atom. The molecule has 0 saturated heterocycles. The smallest absolute Gasteiger partial charge is 0.317 e. The highest BCUT2D eigenvalue weighted by Crippen LogP contribution is 2.47. The Labute approximate surface area is 133 Å². The third-order valence-electron chi connectivity index (χ3n) is 5.09. The first kappa shape index (κ1) is 18.9. The summed E-state index contributed by atoms with van der Waals surface area (Å²) in [5, 5.41) is 36.1. The number of aliphatic carboxylic acids is 4. The molecule has 0 bridgehead atoms. The highest BCUT2D eigenvalue weighted by Gasteiger charge is 2.44. The van der Waals surface area contributed by atoms with Gasteiger partial charge in [-0.25, -0.2) is 0 Å². The van der Waals surface area contributed by atoms with Gasteiger partial charge in [0.25, 0.3) is 0 Å². The highest BCUT2D eigenvalue weighted by molar-refractivity contribution is 5.93. The molecule has 1 aliphatic carbocycles. The number of hydrogen-bond donors (Lipinski definition) is 4. The molecule has 1 fully saturated rings. The van der Waals surface area contributed by atoms with E-state index < -0.39 is 35.7 Å². The zero-order chi connectivity index (χ0) is 17.9. The molecule has 0 radical (unpaired) electrons. The van der Waals surface area contributed by atoms with Gasteiger partial charge in [-0.3, -0.25) is 19.2 Å². The van der Waals surface area contributed by atoms with Gasteiger partial charge in [0.15, 0.2) is 11.8 Å². The highest BCUT2D eigenvalue weighted by atomic mass is 16.4. The lowest BCUT2D eigenvalue weighted by Crippen LogP contribution is -2.31. The maximum atomic E-state index is 11.1. The second kappa shape index (κ2) is 7.43. The molecular formula is C15H22O8. The summed E-state index contributed by atoms with van der Waals surface area (Å²) in [6.07, 6.45) is 0.331. The van der Waals surface area contributed by atoms with Crippen molar-refractivity contribution in [3.63, 3.8) is 0 Å². The van der Waals surface area contributed by atoms with Gasteiger partial charge in [-0.15, -0.1) is 0 Å². The number of hydrogen-bond acceptors (Lipinski definition) is 4. The third-order valence-corrected chi connectivity index (χ3v) is 5.09. The van der Waals surface area contributed by atoms with E-state index in [-0.39, 0.29) is 36.5 Å². The summed E-state index contributed by atoms with van der Waals surface area (Å²) in [5.41, 5.74) is 0. The van der Waals surface area contributed by atoms with Crippen molar-refractivity contribution in [3.05, 3.63) is 0 Å². The molecule has 8 nitrogen and oxygen atoms in total. The number of rotatable bonds is 8. The van der Waals surface area contributed by atoms with Crippen molar-refractivity contribution in [2.24, 2.45) is 35.5 Å². The van der Waals surface area contributed by atoms with Gasteiger partial charge >= 0.3 is 23.9 Å². The number of carbonyl (C=O) groups is 4. The maximum Gasteiger partial charge on any atom is 0.317 e. The lowest BCUT2D eigenvalue weighted by Gasteiger charge is -2.26. The molecule has 0 amide bonds. The van der Waals surface area contributed by atoms with Gasteiger partial charge in [0.05, 0.1) is 0 Å². The summed E-state index contributed by atoms with van der Waals surface area (Å²) in [5.74, 6) is -9.36. The predicted octanol–water partition coefficient (Wildman–Crippen LogP) is 1.25. The first-order valence-corrected chi connectivity index (χ1v) is 7.47. The average molecular weight is 330 g/mol. The van der Waals surface area contributed by atoms with E-state index in [1.807, 2.05) is 13.8 Å². The third kappa shape index (κ3) is 4.43. The maximum absolute atomic E-state index is 11.1. The summed E-state index contributed by atoms with van der Waals surface area (Å²) in [4.78, 5) is 44.3. The predicted molar refractivity (Wildman–Crippen MR) is 76.7 cm³/mol. The number of carboxylic acids is 4. The standard InChI is InChI=1S/C15H22O8/c1-6-3-8(4-10(12(16)17)13(18)19)9(7(6)2)5-11(14(20)21)15(22)23/h6-11H,3-5H2,1-2H3,(H,16,17)(H,18,19)(H,20,21)(H,22,23). The van der Waals surface area contributed by atoms with Crippen molar-refractivity contribution in [2.45, 2.75) is 33.1 Å². The fraction of sp³-hybridized carbons (Fsp3) is 0.733. The van der Waals surface area contributed by atoms with Crippen molar-refractivity contribution in [2.75, 3.05) is 0 Å². The van der Waals surface area contributed by atoms with Crippen LogP contribution in [-0.4, -0.2) is 44.3 Å². The van der Waals surface area contributed by atoms with Crippen LogP contribution in [0, 0.1) is 35.5 Å². The summed E-state index contributed by atoms with van der Waals surface area (Å²) >= 11 is 0. The molecule has 1 saturated carbocycles.